The van der Waals surface area contributed by atoms with E-state index in [9.17, 15) is 0 Å². The predicted octanol–water partition coefficient (Wildman–Crippen LogP) is 3.37. The second-order valence-electron chi connectivity index (χ2n) is 3.04. The molecule has 0 unspecified atom stereocenters. The Balaban J connectivity index is 0.00000112. The van der Waals surface area contributed by atoms with Crippen molar-refractivity contribution >= 4 is 36.2 Å². The standard InChI is InChI=1S/C11H12N2S.2ClH/c1-12-7-10-8-14-11(13-10)9-5-3-2-4-6-9;;/h2-6,8,12H,7H2,1H3;2*1H. The molecular weight excluding hydrogens is 263 g/mol. The van der Waals surface area contributed by atoms with E-state index in [-0.39, 0.29) is 24.8 Å². The van der Waals surface area contributed by atoms with E-state index in [0.717, 1.165) is 17.2 Å². The van der Waals surface area contributed by atoms with Gasteiger partial charge in [0.2, 0.25) is 0 Å². The minimum atomic E-state index is 0. The SMILES string of the molecule is CNCc1csc(-c2ccccc2)n1.Cl.Cl. The van der Waals surface area contributed by atoms with Crippen molar-refractivity contribution in [2.75, 3.05) is 7.05 Å². The van der Waals surface area contributed by atoms with Crippen molar-refractivity contribution in [3.05, 3.63) is 41.4 Å². The molecule has 0 fully saturated rings. The number of halogens is 2. The molecule has 1 N–H and O–H groups in total. The number of aromatic nitrogens is 1. The fourth-order valence-corrected chi connectivity index (χ4v) is 2.11. The highest BCUT2D eigenvalue weighted by Crippen LogP contribution is 2.22. The summed E-state index contributed by atoms with van der Waals surface area (Å²) < 4.78 is 0. The lowest BCUT2D eigenvalue weighted by Gasteiger charge is -1.94. The molecule has 5 heteroatoms. The first-order valence-electron chi connectivity index (χ1n) is 4.54. The van der Waals surface area contributed by atoms with Gasteiger partial charge in [-0.1, -0.05) is 30.3 Å². The molecule has 0 saturated carbocycles. The van der Waals surface area contributed by atoms with Crippen LogP contribution in [0.1, 0.15) is 5.69 Å². The fourth-order valence-electron chi connectivity index (χ4n) is 1.28. The van der Waals surface area contributed by atoms with Crippen molar-refractivity contribution in [1.29, 1.82) is 0 Å². The highest BCUT2D eigenvalue weighted by molar-refractivity contribution is 7.13. The molecule has 16 heavy (non-hydrogen) atoms. The average Bonchev–Trinajstić information content (AvgIpc) is 2.68. The highest BCUT2D eigenvalue weighted by atomic mass is 35.5. The first-order valence-corrected chi connectivity index (χ1v) is 5.42. The minimum Gasteiger partial charge on any atom is -0.314 e. The van der Waals surface area contributed by atoms with Crippen LogP contribution in [-0.2, 0) is 6.54 Å². The van der Waals surface area contributed by atoms with Crippen LogP contribution in [0.15, 0.2) is 35.7 Å². The number of hydrogen-bond acceptors (Lipinski definition) is 3. The van der Waals surface area contributed by atoms with Crippen LogP contribution in [0.25, 0.3) is 10.6 Å². The van der Waals surface area contributed by atoms with Gasteiger partial charge < -0.3 is 5.32 Å². The summed E-state index contributed by atoms with van der Waals surface area (Å²) >= 11 is 1.69. The molecule has 1 heterocycles. The third kappa shape index (κ3) is 3.76. The topological polar surface area (TPSA) is 24.9 Å². The van der Waals surface area contributed by atoms with E-state index in [0.29, 0.717) is 0 Å². The van der Waals surface area contributed by atoms with Gasteiger partial charge in [0.25, 0.3) is 0 Å². The van der Waals surface area contributed by atoms with Gasteiger partial charge in [0.15, 0.2) is 0 Å². The Morgan fingerprint density at radius 3 is 2.50 bits per heavy atom. The summed E-state index contributed by atoms with van der Waals surface area (Å²) in [6, 6.07) is 10.3. The van der Waals surface area contributed by atoms with Crippen LogP contribution in [0, 0.1) is 0 Å². The summed E-state index contributed by atoms with van der Waals surface area (Å²) in [6.07, 6.45) is 0. The van der Waals surface area contributed by atoms with Gasteiger partial charge in [-0.3, -0.25) is 0 Å². The van der Waals surface area contributed by atoms with Crippen molar-refractivity contribution < 1.29 is 0 Å². The van der Waals surface area contributed by atoms with Crippen molar-refractivity contribution in [1.82, 2.24) is 10.3 Å². The summed E-state index contributed by atoms with van der Waals surface area (Å²) in [5.41, 5.74) is 2.30. The van der Waals surface area contributed by atoms with Crippen molar-refractivity contribution in [3.8, 4) is 10.6 Å². The second-order valence-corrected chi connectivity index (χ2v) is 3.90. The number of hydrogen-bond donors (Lipinski definition) is 1. The van der Waals surface area contributed by atoms with Gasteiger partial charge in [-0.05, 0) is 7.05 Å². The predicted molar refractivity (Wildman–Crippen MR) is 74.8 cm³/mol. The lowest BCUT2D eigenvalue weighted by Crippen LogP contribution is -2.04. The molecule has 0 saturated heterocycles. The number of nitrogens with one attached hydrogen (secondary N) is 1. The molecule has 0 aliphatic heterocycles. The molecule has 0 aliphatic carbocycles. The van der Waals surface area contributed by atoms with E-state index < -0.39 is 0 Å². The molecule has 0 amide bonds. The van der Waals surface area contributed by atoms with Crippen LogP contribution >= 0.6 is 36.2 Å². The zero-order valence-electron chi connectivity index (χ0n) is 8.84. The van der Waals surface area contributed by atoms with Gasteiger partial charge in [-0.2, -0.15) is 0 Å². The van der Waals surface area contributed by atoms with Crippen molar-refractivity contribution in [2.24, 2.45) is 0 Å². The fraction of sp³-hybridized carbons (Fsp3) is 0.182. The highest BCUT2D eigenvalue weighted by Gasteiger charge is 2.02. The lowest BCUT2D eigenvalue weighted by atomic mass is 10.2. The Bertz CT molecular complexity index is 403. The quantitative estimate of drug-likeness (QED) is 0.930. The summed E-state index contributed by atoms with van der Waals surface area (Å²) in [4.78, 5) is 4.53. The molecule has 0 atom stereocenters. The van der Waals surface area contributed by atoms with E-state index in [1.165, 1.54) is 5.56 Å². The van der Waals surface area contributed by atoms with E-state index >= 15 is 0 Å². The monoisotopic (exact) mass is 276 g/mol. The molecule has 1 aromatic heterocycles. The number of nitrogens with zero attached hydrogens (tertiary/aromatic N) is 1. The number of rotatable bonds is 3. The normalized spacial score (nSPS) is 9.06. The first-order chi connectivity index (χ1) is 6.90. The Hall–Kier alpha value is -0.610. The molecule has 1 aromatic carbocycles. The zero-order chi connectivity index (χ0) is 9.80. The van der Waals surface area contributed by atoms with Crippen LogP contribution in [-0.4, -0.2) is 12.0 Å². The third-order valence-electron chi connectivity index (χ3n) is 1.93. The molecule has 2 rings (SSSR count). The molecule has 2 nitrogen and oxygen atoms in total. The summed E-state index contributed by atoms with van der Waals surface area (Å²) in [6.45, 7) is 0.837. The van der Waals surface area contributed by atoms with E-state index in [1.807, 2.05) is 25.2 Å². The molecular formula is C11H14Cl2N2S. The zero-order valence-corrected chi connectivity index (χ0v) is 11.3. The minimum absolute atomic E-state index is 0. The molecule has 2 aromatic rings. The summed E-state index contributed by atoms with van der Waals surface area (Å²) in [5, 5.41) is 6.28. The Morgan fingerprint density at radius 2 is 1.88 bits per heavy atom. The Morgan fingerprint density at radius 1 is 1.19 bits per heavy atom. The second kappa shape index (κ2) is 7.63. The summed E-state index contributed by atoms with van der Waals surface area (Å²) in [5.74, 6) is 0. The Kier molecular flexibility index (Phi) is 7.34. The van der Waals surface area contributed by atoms with Crippen molar-refractivity contribution in [2.45, 2.75) is 6.54 Å². The molecule has 0 spiro atoms. The first kappa shape index (κ1) is 15.4. The van der Waals surface area contributed by atoms with E-state index in [2.05, 4.69) is 27.8 Å². The smallest absolute Gasteiger partial charge is 0.123 e. The van der Waals surface area contributed by atoms with Crippen LogP contribution in [0.2, 0.25) is 0 Å². The maximum Gasteiger partial charge on any atom is 0.123 e. The largest absolute Gasteiger partial charge is 0.314 e. The lowest BCUT2D eigenvalue weighted by molar-refractivity contribution is 0.798. The third-order valence-corrected chi connectivity index (χ3v) is 2.87. The number of benzene rings is 1. The van der Waals surface area contributed by atoms with Crippen molar-refractivity contribution in [3.63, 3.8) is 0 Å². The van der Waals surface area contributed by atoms with Crippen LogP contribution < -0.4 is 5.32 Å². The van der Waals surface area contributed by atoms with Gasteiger partial charge >= 0.3 is 0 Å². The van der Waals surface area contributed by atoms with Gasteiger partial charge in [-0.15, -0.1) is 36.2 Å². The van der Waals surface area contributed by atoms with Crippen LogP contribution in [0.5, 0.6) is 0 Å². The Labute approximate surface area is 112 Å². The molecule has 0 bridgehead atoms. The van der Waals surface area contributed by atoms with E-state index in [1.54, 1.807) is 11.3 Å². The maximum absolute atomic E-state index is 4.53. The van der Waals surface area contributed by atoms with Crippen LogP contribution in [0.4, 0.5) is 0 Å². The molecule has 0 radical (unpaired) electrons. The van der Waals surface area contributed by atoms with Gasteiger partial charge in [0, 0.05) is 17.5 Å². The van der Waals surface area contributed by atoms with E-state index in [4.69, 9.17) is 0 Å². The molecule has 0 aliphatic rings. The summed E-state index contributed by atoms with van der Waals surface area (Å²) in [7, 11) is 1.93. The van der Waals surface area contributed by atoms with Gasteiger partial charge in [0.1, 0.15) is 5.01 Å². The number of thiazole rings is 1. The van der Waals surface area contributed by atoms with Gasteiger partial charge in [0.05, 0.1) is 5.69 Å². The average molecular weight is 277 g/mol. The van der Waals surface area contributed by atoms with Gasteiger partial charge in [-0.25, -0.2) is 4.98 Å². The maximum atomic E-state index is 4.53. The van der Waals surface area contributed by atoms with Crippen LogP contribution in [0.3, 0.4) is 0 Å². The molecule has 88 valence electrons.